The molecule has 0 aliphatic rings. The van der Waals surface area contributed by atoms with Crippen molar-refractivity contribution in [3.63, 3.8) is 0 Å². The number of hydrogen-bond acceptors (Lipinski definition) is 4. The lowest BCUT2D eigenvalue weighted by Gasteiger charge is -2.07. The molecule has 0 amide bonds. The molecule has 0 spiro atoms. The number of carbonyl (C=O) groups is 1. The van der Waals surface area contributed by atoms with E-state index in [1.807, 2.05) is 232 Å². The lowest BCUT2D eigenvalue weighted by atomic mass is 9.99. The van der Waals surface area contributed by atoms with Crippen molar-refractivity contribution in [2.45, 2.75) is 27.7 Å². The predicted molar refractivity (Wildman–Crippen MR) is 252 cm³/mol. The maximum absolute atomic E-state index is 12.4. The van der Waals surface area contributed by atoms with Crippen LogP contribution < -0.4 is 14.2 Å². The van der Waals surface area contributed by atoms with Crippen LogP contribution in [0.3, 0.4) is 0 Å². The number of fused-ring (bicyclic) bond motifs is 1. The van der Waals surface area contributed by atoms with Crippen molar-refractivity contribution in [2.24, 2.45) is 0 Å². The molecule has 9 aromatic carbocycles. The van der Waals surface area contributed by atoms with E-state index in [0.717, 1.165) is 67.5 Å². The first-order valence-corrected chi connectivity index (χ1v) is 20.3. The van der Waals surface area contributed by atoms with Gasteiger partial charge in [0.05, 0.1) is 0 Å². The molecular formula is C57H50O4. The van der Waals surface area contributed by atoms with Gasteiger partial charge in [-0.05, 0) is 128 Å². The van der Waals surface area contributed by atoms with E-state index in [9.17, 15) is 4.79 Å². The van der Waals surface area contributed by atoms with Gasteiger partial charge < -0.3 is 14.2 Å². The number of para-hydroxylation sites is 4. The molecule has 0 aliphatic heterocycles. The third kappa shape index (κ3) is 14.0. The highest BCUT2D eigenvalue weighted by atomic mass is 16.5. The number of rotatable bonds is 8. The molecule has 4 heteroatoms. The Kier molecular flexibility index (Phi) is 15.8. The molecule has 0 fully saturated rings. The number of aryl methyl sites for hydroxylation is 4. The largest absolute Gasteiger partial charge is 0.457 e. The standard InChI is InChI=1S/C18H14O.3C13H12O/c1-13-5-4-8-16(11-13)18(19)17-10-9-14-6-2-3-7-15(14)12-17;1-11-7-5-6-10-13(11)14-12-8-3-2-4-9-12;1-11-6-5-9-13(10-11)14-12-7-3-2-4-8-12;1-11-7-9-13(10-8-11)14-12-5-3-2-4-6-12/h2-12H,1H3;3*2-10H,1H3. The molecule has 0 saturated carbocycles. The molecule has 0 radical (unpaired) electrons. The summed E-state index contributed by atoms with van der Waals surface area (Å²) in [6, 6.07) is 75.1. The number of carbonyl (C=O) groups excluding carboxylic acids is 1. The summed E-state index contributed by atoms with van der Waals surface area (Å²) in [6.07, 6.45) is 0. The Balaban J connectivity index is 0.000000137. The summed E-state index contributed by atoms with van der Waals surface area (Å²) < 4.78 is 17.0. The minimum atomic E-state index is 0.0782. The van der Waals surface area contributed by atoms with Crippen molar-refractivity contribution < 1.29 is 19.0 Å². The number of ketones is 1. The highest BCUT2D eigenvalue weighted by molar-refractivity contribution is 6.10. The van der Waals surface area contributed by atoms with E-state index in [0.29, 0.717) is 0 Å². The molecule has 0 unspecified atom stereocenters. The lowest BCUT2D eigenvalue weighted by molar-refractivity contribution is 0.103. The molecule has 0 atom stereocenters. The van der Waals surface area contributed by atoms with Gasteiger partial charge in [0.25, 0.3) is 0 Å². The second-order valence-corrected chi connectivity index (χ2v) is 14.4. The van der Waals surface area contributed by atoms with Crippen LogP contribution >= 0.6 is 0 Å². The summed E-state index contributed by atoms with van der Waals surface area (Å²) >= 11 is 0. The van der Waals surface area contributed by atoms with Gasteiger partial charge in [-0.1, -0.05) is 163 Å². The molecule has 0 N–H and O–H groups in total. The van der Waals surface area contributed by atoms with Gasteiger partial charge in [-0.3, -0.25) is 4.79 Å². The zero-order valence-electron chi connectivity index (χ0n) is 35.1. The molecule has 0 bridgehead atoms. The van der Waals surface area contributed by atoms with Crippen LogP contribution in [-0.4, -0.2) is 5.78 Å². The van der Waals surface area contributed by atoms with Crippen LogP contribution in [0.2, 0.25) is 0 Å². The minimum absolute atomic E-state index is 0.0782. The summed E-state index contributed by atoms with van der Waals surface area (Å²) in [5, 5.41) is 2.25. The Morgan fingerprint density at radius 3 is 1.36 bits per heavy atom. The zero-order valence-corrected chi connectivity index (χ0v) is 35.1. The summed E-state index contributed by atoms with van der Waals surface area (Å²) in [5.74, 6) is 5.38. The van der Waals surface area contributed by atoms with E-state index in [4.69, 9.17) is 14.2 Å². The maximum atomic E-state index is 12.4. The van der Waals surface area contributed by atoms with Gasteiger partial charge in [-0.2, -0.15) is 0 Å². The highest BCUT2D eigenvalue weighted by Crippen LogP contribution is 2.25. The molecule has 9 rings (SSSR count). The van der Waals surface area contributed by atoms with Crippen LogP contribution in [-0.2, 0) is 0 Å². The number of benzene rings is 9. The summed E-state index contributed by atoms with van der Waals surface area (Å²) in [4.78, 5) is 12.4. The Morgan fingerprint density at radius 2 is 0.770 bits per heavy atom. The Morgan fingerprint density at radius 1 is 0.311 bits per heavy atom. The van der Waals surface area contributed by atoms with Crippen molar-refractivity contribution in [2.75, 3.05) is 0 Å². The van der Waals surface area contributed by atoms with Crippen molar-refractivity contribution >= 4 is 16.6 Å². The molecule has 4 nitrogen and oxygen atoms in total. The fourth-order valence-electron chi connectivity index (χ4n) is 6.10. The topological polar surface area (TPSA) is 44.8 Å². The average Bonchev–Trinajstić information content (AvgIpc) is 3.29. The molecule has 61 heavy (non-hydrogen) atoms. The van der Waals surface area contributed by atoms with E-state index in [2.05, 4.69) is 26.0 Å². The predicted octanol–water partition coefficient (Wildman–Crippen LogP) is 15.7. The van der Waals surface area contributed by atoms with Gasteiger partial charge in [0.15, 0.2) is 5.78 Å². The van der Waals surface area contributed by atoms with Crippen molar-refractivity contribution in [1.82, 2.24) is 0 Å². The quantitative estimate of drug-likeness (QED) is 0.144. The molecular weight excluding hydrogens is 749 g/mol. The minimum Gasteiger partial charge on any atom is -0.457 e. The van der Waals surface area contributed by atoms with E-state index in [-0.39, 0.29) is 5.78 Å². The fraction of sp³-hybridized carbons (Fsp3) is 0.0702. The van der Waals surface area contributed by atoms with Gasteiger partial charge in [0.2, 0.25) is 0 Å². The van der Waals surface area contributed by atoms with Crippen LogP contribution in [0, 0.1) is 27.7 Å². The Hall–Kier alpha value is -7.69. The van der Waals surface area contributed by atoms with Crippen molar-refractivity contribution in [1.29, 1.82) is 0 Å². The van der Waals surface area contributed by atoms with E-state index in [1.165, 1.54) is 11.1 Å². The molecule has 302 valence electrons. The maximum Gasteiger partial charge on any atom is 0.193 e. The van der Waals surface area contributed by atoms with Gasteiger partial charge in [0, 0.05) is 11.1 Å². The van der Waals surface area contributed by atoms with Crippen molar-refractivity contribution in [3.05, 3.63) is 264 Å². The van der Waals surface area contributed by atoms with E-state index >= 15 is 0 Å². The van der Waals surface area contributed by atoms with Crippen LogP contribution in [0.25, 0.3) is 10.8 Å². The van der Waals surface area contributed by atoms with E-state index < -0.39 is 0 Å². The first-order chi connectivity index (χ1) is 29.8. The third-order valence-corrected chi connectivity index (χ3v) is 9.32. The van der Waals surface area contributed by atoms with Gasteiger partial charge in [-0.15, -0.1) is 0 Å². The van der Waals surface area contributed by atoms with Gasteiger partial charge >= 0.3 is 0 Å². The smallest absolute Gasteiger partial charge is 0.193 e. The summed E-state index contributed by atoms with van der Waals surface area (Å²) in [7, 11) is 0. The summed E-state index contributed by atoms with van der Waals surface area (Å²) in [6.45, 7) is 8.15. The number of hydrogen-bond donors (Lipinski definition) is 0. The SMILES string of the molecule is Cc1ccc(Oc2ccccc2)cc1.Cc1cccc(C(=O)c2ccc3ccccc3c2)c1.Cc1cccc(Oc2ccccc2)c1.Cc1ccccc1Oc1ccccc1. The zero-order chi connectivity index (χ0) is 42.7. The van der Waals surface area contributed by atoms with Crippen LogP contribution in [0.15, 0.2) is 231 Å². The van der Waals surface area contributed by atoms with E-state index in [1.54, 1.807) is 0 Å². The van der Waals surface area contributed by atoms with Gasteiger partial charge in [-0.25, -0.2) is 0 Å². The first kappa shape index (κ1) is 42.9. The van der Waals surface area contributed by atoms with Crippen LogP contribution in [0.1, 0.15) is 38.2 Å². The second kappa shape index (κ2) is 22.5. The fourth-order valence-corrected chi connectivity index (χ4v) is 6.10. The lowest BCUT2D eigenvalue weighted by Crippen LogP contribution is -2.01. The Labute approximate surface area is 360 Å². The second-order valence-electron chi connectivity index (χ2n) is 14.4. The van der Waals surface area contributed by atoms with Crippen LogP contribution in [0.5, 0.6) is 34.5 Å². The molecule has 0 aromatic heterocycles. The summed E-state index contributed by atoms with van der Waals surface area (Å²) in [5.41, 5.74) is 6.19. The highest BCUT2D eigenvalue weighted by Gasteiger charge is 2.09. The molecule has 9 aromatic rings. The molecule has 0 saturated heterocycles. The van der Waals surface area contributed by atoms with Crippen molar-refractivity contribution in [3.8, 4) is 34.5 Å². The average molecular weight is 799 g/mol. The third-order valence-electron chi connectivity index (χ3n) is 9.32. The van der Waals surface area contributed by atoms with Crippen LogP contribution in [0.4, 0.5) is 0 Å². The normalized spacial score (nSPS) is 10.0. The monoisotopic (exact) mass is 798 g/mol. The first-order valence-electron chi connectivity index (χ1n) is 20.3. The molecule has 0 heterocycles. The number of ether oxygens (including phenoxy) is 3. The van der Waals surface area contributed by atoms with Gasteiger partial charge in [0.1, 0.15) is 34.5 Å². The Bertz CT molecular complexity index is 2710. The molecule has 0 aliphatic carbocycles.